The van der Waals surface area contributed by atoms with Crippen LogP contribution in [0.15, 0.2) is 24.3 Å². The maximum Gasteiger partial charge on any atom is 0.225 e. The van der Waals surface area contributed by atoms with Crippen LogP contribution in [0.3, 0.4) is 0 Å². The summed E-state index contributed by atoms with van der Waals surface area (Å²) in [6.45, 7) is 3.94. The predicted molar refractivity (Wildman–Crippen MR) is 89.1 cm³/mol. The van der Waals surface area contributed by atoms with E-state index in [1.54, 1.807) is 7.11 Å². The van der Waals surface area contributed by atoms with Gasteiger partial charge in [0.1, 0.15) is 5.75 Å². The monoisotopic (exact) mass is 318 g/mol. The SMILES string of the molecule is CCCCCN1CC(C(=O)NCc2ccc(OC)cc2)CC1=O. The highest BCUT2D eigenvalue weighted by molar-refractivity contribution is 5.89. The van der Waals surface area contributed by atoms with Crippen molar-refractivity contribution >= 4 is 11.8 Å². The van der Waals surface area contributed by atoms with Gasteiger partial charge in [-0.1, -0.05) is 31.9 Å². The predicted octanol–water partition coefficient (Wildman–Crippen LogP) is 2.35. The van der Waals surface area contributed by atoms with E-state index in [0.717, 1.165) is 37.1 Å². The zero-order valence-corrected chi connectivity index (χ0v) is 14.0. The molecule has 1 atom stereocenters. The number of carbonyl (C=O) groups excluding carboxylic acids is 2. The number of hydrogen-bond acceptors (Lipinski definition) is 3. The lowest BCUT2D eigenvalue weighted by Gasteiger charge is -2.16. The molecule has 0 bridgehead atoms. The number of nitrogens with zero attached hydrogens (tertiary/aromatic N) is 1. The summed E-state index contributed by atoms with van der Waals surface area (Å²) >= 11 is 0. The van der Waals surface area contributed by atoms with Gasteiger partial charge in [-0.3, -0.25) is 9.59 Å². The van der Waals surface area contributed by atoms with Crippen molar-refractivity contribution in [3.63, 3.8) is 0 Å². The maximum absolute atomic E-state index is 12.2. The Bertz CT molecular complexity index is 528. The van der Waals surface area contributed by atoms with Crippen LogP contribution in [0.2, 0.25) is 0 Å². The van der Waals surface area contributed by atoms with Gasteiger partial charge in [0, 0.05) is 26.1 Å². The Balaban J connectivity index is 1.78. The number of likely N-dealkylation sites (tertiary alicyclic amines) is 1. The molecule has 0 saturated carbocycles. The third-order valence-corrected chi connectivity index (χ3v) is 4.24. The Labute approximate surface area is 138 Å². The number of rotatable bonds is 8. The molecule has 1 saturated heterocycles. The fourth-order valence-corrected chi connectivity index (χ4v) is 2.79. The van der Waals surface area contributed by atoms with Crippen LogP contribution in [-0.2, 0) is 16.1 Å². The van der Waals surface area contributed by atoms with Gasteiger partial charge in [0.25, 0.3) is 0 Å². The normalized spacial score (nSPS) is 17.4. The van der Waals surface area contributed by atoms with Crippen LogP contribution < -0.4 is 10.1 Å². The minimum absolute atomic E-state index is 0.0350. The van der Waals surface area contributed by atoms with Crippen LogP contribution in [0.1, 0.15) is 38.2 Å². The number of carbonyl (C=O) groups is 2. The molecule has 2 amide bonds. The van der Waals surface area contributed by atoms with E-state index in [1.165, 1.54) is 0 Å². The Hall–Kier alpha value is -2.04. The van der Waals surface area contributed by atoms with Crippen LogP contribution in [0, 0.1) is 5.92 Å². The average Bonchev–Trinajstić information content (AvgIpc) is 2.94. The minimum Gasteiger partial charge on any atom is -0.497 e. The lowest BCUT2D eigenvalue weighted by atomic mass is 10.1. The topological polar surface area (TPSA) is 58.6 Å². The van der Waals surface area contributed by atoms with E-state index < -0.39 is 0 Å². The third-order valence-electron chi connectivity index (χ3n) is 4.24. The van der Waals surface area contributed by atoms with Gasteiger partial charge in [0.2, 0.25) is 11.8 Å². The number of unbranched alkanes of at least 4 members (excludes halogenated alkanes) is 2. The van der Waals surface area contributed by atoms with Crippen molar-refractivity contribution in [2.75, 3.05) is 20.2 Å². The second-order valence-electron chi connectivity index (χ2n) is 6.01. The molecule has 1 N–H and O–H groups in total. The third kappa shape index (κ3) is 4.98. The highest BCUT2D eigenvalue weighted by Gasteiger charge is 2.33. The molecular weight excluding hydrogens is 292 g/mol. The molecule has 0 aliphatic carbocycles. The van der Waals surface area contributed by atoms with E-state index in [1.807, 2.05) is 29.2 Å². The zero-order valence-electron chi connectivity index (χ0n) is 14.0. The molecule has 0 radical (unpaired) electrons. The minimum atomic E-state index is -0.220. The van der Waals surface area contributed by atoms with Crippen LogP contribution >= 0.6 is 0 Å². The van der Waals surface area contributed by atoms with Crippen LogP contribution in [0.4, 0.5) is 0 Å². The van der Waals surface area contributed by atoms with Crippen LogP contribution in [0.5, 0.6) is 5.75 Å². The summed E-state index contributed by atoms with van der Waals surface area (Å²) in [6.07, 6.45) is 3.61. The summed E-state index contributed by atoms with van der Waals surface area (Å²) in [5.41, 5.74) is 1.02. The molecule has 2 rings (SSSR count). The molecule has 0 aromatic heterocycles. The van der Waals surface area contributed by atoms with Gasteiger partial charge in [-0.05, 0) is 24.1 Å². The lowest BCUT2D eigenvalue weighted by Crippen LogP contribution is -2.32. The molecule has 1 unspecified atom stereocenters. The largest absolute Gasteiger partial charge is 0.497 e. The van der Waals surface area contributed by atoms with Crippen molar-refractivity contribution < 1.29 is 14.3 Å². The van der Waals surface area contributed by atoms with Gasteiger partial charge >= 0.3 is 0 Å². The van der Waals surface area contributed by atoms with Gasteiger partial charge in [-0.25, -0.2) is 0 Å². The molecule has 0 spiro atoms. The Kier molecular flexibility index (Phi) is 6.44. The first-order chi connectivity index (χ1) is 11.1. The molecule has 1 heterocycles. The lowest BCUT2D eigenvalue weighted by molar-refractivity contribution is -0.129. The smallest absolute Gasteiger partial charge is 0.225 e. The van der Waals surface area contributed by atoms with Gasteiger partial charge in [0.15, 0.2) is 0 Å². The van der Waals surface area contributed by atoms with Gasteiger partial charge in [-0.2, -0.15) is 0 Å². The standard InChI is InChI=1S/C18H26N2O3/c1-3-4-5-10-20-13-15(11-17(20)21)18(22)19-12-14-6-8-16(23-2)9-7-14/h6-9,15H,3-5,10-13H2,1-2H3,(H,19,22). The van der Waals surface area contributed by atoms with E-state index in [2.05, 4.69) is 12.2 Å². The van der Waals surface area contributed by atoms with Crippen molar-refractivity contribution in [3.05, 3.63) is 29.8 Å². The first-order valence-electron chi connectivity index (χ1n) is 8.32. The fraction of sp³-hybridized carbons (Fsp3) is 0.556. The summed E-state index contributed by atoms with van der Waals surface area (Å²) in [5.74, 6) is 0.643. The number of hydrogen-bond donors (Lipinski definition) is 1. The van der Waals surface area contributed by atoms with Crippen molar-refractivity contribution in [2.24, 2.45) is 5.92 Å². The quantitative estimate of drug-likeness (QED) is 0.749. The number of amides is 2. The summed E-state index contributed by atoms with van der Waals surface area (Å²) in [4.78, 5) is 26.0. The van der Waals surface area contributed by atoms with Crippen LogP contribution in [-0.4, -0.2) is 36.9 Å². The second kappa shape index (κ2) is 8.56. The number of nitrogens with one attached hydrogen (secondary N) is 1. The molecular formula is C18H26N2O3. The summed E-state index contributed by atoms with van der Waals surface area (Å²) in [6, 6.07) is 7.60. The van der Waals surface area contributed by atoms with Crippen molar-refractivity contribution in [1.82, 2.24) is 10.2 Å². The Morgan fingerprint density at radius 2 is 2.04 bits per heavy atom. The molecule has 1 aliphatic rings. The maximum atomic E-state index is 12.2. The highest BCUT2D eigenvalue weighted by Crippen LogP contribution is 2.19. The van der Waals surface area contributed by atoms with Crippen LogP contribution in [0.25, 0.3) is 0 Å². The molecule has 5 heteroatoms. The van der Waals surface area contributed by atoms with Crippen molar-refractivity contribution in [1.29, 1.82) is 0 Å². The number of benzene rings is 1. The first kappa shape index (κ1) is 17.3. The van der Waals surface area contributed by atoms with E-state index in [4.69, 9.17) is 4.74 Å². The second-order valence-corrected chi connectivity index (χ2v) is 6.01. The molecule has 1 fully saturated rings. The van der Waals surface area contributed by atoms with Gasteiger partial charge in [-0.15, -0.1) is 0 Å². The Morgan fingerprint density at radius 1 is 1.30 bits per heavy atom. The van der Waals surface area contributed by atoms with Crippen molar-refractivity contribution in [2.45, 2.75) is 39.2 Å². The molecule has 126 valence electrons. The van der Waals surface area contributed by atoms with Crippen molar-refractivity contribution in [3.8, 4) is 5.75 Å². The highest BCUT2D eigenvalue weighted by atomic mass is 16.5. The summed E-state index contributed by atoms with van der Waals surface area (Å²) < 4.78 is 5.11. The molecule has 23 heavy (non-hydrogen) atoms. The average molecular weight is 318 g/mol. The first-order valence-corrected chi connectivity index (χ1v) is 8.32. The van der Waals surface area contributed by atoms with E-state index in [9.17, 15) is 9.59 Å². The zero-order chi connectivity index (χ0) is 16.7. The van der Waals surface area contributed by atoms with E-state index in [-0.39, 0.29) is 17.7 Å². The molecule has 5 nitrogen and oxygen atoms in total. The summed E-state index contributed by atoms with van der Waals surface area (Å²) in [7, 11) is 1.63. The van der Waals surface area contributed by atoms with E-state index in [0.29, 0.717) is 19.5 Å². The number of ether oxygens (including phenoxy) is 1. The molecule has 1 aromatic rings. The number of methoxy groups -OCH3 is 1. The summed E-state index contributed by atoms with van der Waals surface area (Å²) in [5, 5.41) is 2.93. The van der Waals surface area contributed by atoms with E-state index >= 15 is 0 Å². The molecule has 1 aliphatic heterocycles. The van der Waals surface area contributed by atoms with Gasteiger partial charge in [0.05, 0.1) is 13.0 Å². The van der Waals surface area contributed by atoms with Gasteiger partial charge < -0.3 is 15.0 Å². The molecule has 1 aromatic carbocycles. The Morgan fingerprint density at radius 3 is 2.70 bits per heavy atom. The fourth-order valence-electron chi connectivity index (χ4n) is 2.79.